The van der Waals surface area contributed by atoms with Crippen LogP contribution in [-0.4, -0.2) is 14.9 Å². The second-order valence-electron chi connectivity index (χ2n) is 4.98. The Hall–Kier alpha value is -2.63. The molecule has 0 atom stereocenters. The Morgan fingerprint density at radius 1 is 1.08 bits per heavy atom. The third kappa shape index (κ3) is 3.64. The molecule has 120 valence electrons. The smallest absolute Gasteiger partial charge is 0.269 e. The largest absolute Gasteiger partial charge is 0.344 e. The molecular weight excluding hydrogens is 349 g/mol. The quantitative estimate of drug-likeness (QED) is 0.496. The molecule has 0 saturated carbocycles. The number of non-ortho nitro benzene ring substituents is 1. The van der Waals surface area contributed by atoms with Gasteiger partial charge in [-0.15, -0.1) is 0 Å². The summed E-state index contributed by atoms with van der Waals surface area (Å²) < 4.78 is 0. The Morgan fingerprint density at radius 3 is 2.50 bits per heavy atom. The van der Waals surface area contributed by atoms with Crippen LogP contribution in [0.1, 0.15) is 11.4 Å². The van der Waals surface area contributed by atoms with Crippen molar-refractivity contribution >= 4 is 41.0 Å². The van der Waals surface area contributed by atoms with Crippen LogP contribution < -0.4 is 0 Å². The number of aromatic amines is 1. The van der Waals surface area contributed by atoms with E-state index in [1.54, 1.807) is 36.5 Å². The highest BCUT2D eigenvalue weighted by atomic mass is 35.5. The van der Waals surface area contributed by atoms with E-state index in [1.165, 1.54) is 12.1 Å². The minimum atomic E-state index is -0.428. The van der Waals surface area contributed by atoms with Gasteiger partial charge in [0.05, 0.1) is 15.6 Å². The van der Waals surface area contributed by atoms with Gasteiger partial charge in [-0.2, -0.15) is 0 Å². The molecule has 0 aliphatic rings. The number of hydrogen-bond acceptors (Lipinski definition) is 3. The van der Waals surface area contributed by atoms with E-state index in [9.17, 15) is 10.1 Å². The highest BCUT2D eigenvalue weighted by Crippen LogP contribution is 2.29. The van der Waals surface area contributed by atoms with Crippen LogP contribution in [0.4, 0.5) is 5.69 Å². The zero-order valence-electron chi connectivity index (χ0n) is 12.2. The van der Waals surface area contributed by atoms with E-state index in [0.29, 0.717) is 21.6 Å². The first kappa shape index (κ1) is 16.2. The van der Waals surface area contributed by atoms with Gasteiger partial charge in [0.25, 0.3) is 5.69 Å². The summed E-state index contributed by atoms with van der Waals surface area (Å²) in [7, 11) is 0. The molecule has 0 aliphatic heterocycles. The molecule has 0 unspecified atom stereocenters. The summed E-state index contributed by atoms with van der Waals surface area (Å²) in [4.78, 5) is 17.7. The average molecular weight is 360 g/mol. The Morgan fingerprint density at radius 2 is 1.83 bits per heavy atom. The highest BCUT2D eigenvalue weighted by Gasteiger charge is 2.07. The number of imidazole rings is 1. The van der Waals surface area contributed by atoms with Crippen molar-refractivity contribution in [2.24, 2.45) is 0 Å². The second-order valence-corrected chi connectivity index (χ2v) is 5.82. The second kappa shape index (κ2) is 6.86. The molecule has 0 fully saturated rings. The van der Waals surface area contributed by atoms with Crippen LogP contribution in [0.2, 0.25) is 10.0 Å². The van der Waals surface area contributed by atoms with Crippen molar-refractivity contribution in [3.63, 3.8) is 0 Å². The molecule has 0 bridgehead atoms. The first-order valence-electron chi connectivity index (χ1n) is 6.96. The Labute approximate surface area is 147 Å². The number of rotatable bonds is 4. The van der Waals surface area contributed by atoms with Crippen molar-refractivity contribution in [3.05, 3.63) is 80.2 Å². The van der Waals surface area contributed by atoms with Gasteiger partial charge in [0, 0.05) is 28.9 Å². The van der Waals surface area contributed by atoms with Crippen molar-refractivity contribution in [2.45, 2.75) is 0 Å². The zero-order valence-corrected chi connectivity index (χ0v) is 13.8. The first-order valence-corrected chi connectivity index (χ1v) is 7.72. The monoisotopic (exact) mass is 359 g/mol. The Balaban J connectivity index is 1.79. The molecule has 3 aromatic rings. The summed E-state index contributed by atoms with van der Waals surface area (Å²) in [6, 6.07) is 11.5. The topological polar surface area (TPSA) is 71.8 Å². The fourth-order valence-corrected chi connectivity index (χ4v) is 2.64. The molecule has 1 N–H and O–H groups in total. The minimum absolute atomic E-state index is 0.0600. The predicted octanol–water partition coefficient (Wildman–Crippen LogP) is 5.46. The highest BCUT2D eigenvalue weighted by molar-refractivity contribution is 6.36. The van der Waals surface area contributed by atoms with E-state index < -0.39 is 4.92 Å². The molecule has 0 aliphatic carbocycles. The third-order valence-corrected chi connectivity index (χ3v) is 3.89. The number of halogens is 2. The SMILES string of the molecule is O=[N+]([O-])c1ccc(C=Cc2nc(-c3ccc(Cl)cc3Cl)c[nH]2)cc1. The molecule has 0 spiro atoms. The van der Waals surface area contributed by atoms with Crippen molar-refractivity contribution in [3.8, 4) is 11.3 Å². The summed E-state index contributed by atoms with van der Waals surface area (Å²) in [6.45, 7) is 0. The lowest BCUT2D eigenvalue weighted by Gasteiger charge is -2.00. The maximum Gasteiger partial charge on any atom is 0.269 e. The minimum Gasteiger partial charge on any atom is -0.344 e. The fraction of sp³-hybridized carbons (Fsp3) is 0. The van der Waals surface area contributed by atoms with E-state index in [4.69, 9.17) is 23.2 Å². The molecule has 1 aromatic heterocycles. The van der Waals surface area contributed by atoms with Gasteiger partial charge in [-0.3, -0.25) is 10.1 Å². The standard InChI is InChI=1S/C17H11Cl2N3O2/c18-12-4-7-14(15(19)9-12)16-10-20-17(21-16)8-3-11-1-5-13(6-2-11)22(23)24/h1-10H,(H,20,21). The molecular formula is C17H11Cl2N3O2. The van der Waals surface area contributed by atoms with E-state index in [0.717, 1.165) is 11.1 Å². The van der Waals surface area contributed by atoms with E-state index in [2.05, 4.69) is 9.97 Å². The van der Waals surface area contributed by atoms with Crippen LogP contribution in [0.5, 0.6) is 0 Å². The molecule has 0 radical (unpaired) electrons. The maximum absolute atomic E-state index is 10.6. The number of nitro benzene ring substituents is 1. The van der Waals surface area contributed by atoms with Gasteiger partial charge in [0.1, 0.15) is 5.82 Å². The number of H-pyrrole nitrogens is 1. The molecule has 24 heavy (non-hydrogen) atoms. The van der Waals surface area contributed by atoms with Crippen molar-refractivity contribution in [2.75, 3.05) is 0 Å². The third-order valence-electron chi connectivity index (χ3n) is 3.34. The summed E-state index contributed by atoms with van der Waals surface area (Å²) in [6.07, 6.45) is 5.36. The lowest BCUT2D eigenvalue weighted by atomic mass is 10.2. The molecule has 7 heteroatoms. The van der Waals surface area contributed by atoms with E-state index in [1.807, 2.05) is 12.1 Å². The van der Waals surface area contributed by atoms with Gasteiger partial charge < -0.3 is 4.98 Å². The summed E-state index contributed by atoms with van der Waals surface area (Å²) in [5.74, 6) is 0.648. The zero-order chi connectivity index (χ0) is 17.1. The molecule has 0 saturated heterocycles. The number of nitrogens with zero attached hydrogens (tertiary/aromatic N) is 2. The normalized spacial score (nSPS) is 11.1. The molecule has 0 amide bonds. The number of aromatic nitrogens is 2. The number of nitrogens with one attached hydrogen (secondary N) is 1. The van der Waals surface area contributed by atoms with Gasteiger partial charge in [0.15, 0.2) is 0 Å². The van der Waals surface area contributed by atoms with Crippen LogP contribution in [0.15, 0.2) is 48.7 Å². The molecule has 1 heterocycles. The molecule has 5 nitrogen and oxygen atoms in total. The summed E-state index contributed by atoms with van der Waals surface area (Å²) in [5, 5.41) is 11.7. The Kier molecular flexibility index (Phi) is 4.64. The maximum atomic E-state index is 10.6. The first-order chi connectivity index (χ1) is 11.5. The van der Waals surface area contributed by atoms with Crippen molar-refractivity contribution < 1.29 is 4.92 Å². The van der Waals surface area contributed by atoms with Crippen LogP contribution >= 0.6 is 23.2 Å². The van der Waals surface area contributed by atoms with Crippen LogP contribution in [0, 0.1) is 10.1 Å². The van der Waals surface area contributed by atoms with E-state index >= 15 is 0 Å². The van der Waals surface area contributed by atoms with Crippen LogP contribution in [-0.2, 0) is 0 Å². The van der Waals surface area contributed by atoms with Gasteiger partial charge in [-0.1, -0.05) is 29.3 Å². The molecule has 2 aromatic carbocycles. The number of hydrogen-bond donors (Lipinski definition) is 1. The lowest BCUT2D eigenvalue weighted by Crippen LogP contribution is -1.86. The van der Waals surface area contributed by atoms with Crippen molar-refractivity contribution in [1.82, 2.24) is 9.97 Å². The lowest BCUT2D eigenvalue weighted by molar-refractivity contribution is -0.384. The van der Waals surface area contributed by atoms with Crippen molar-refractivity contribution in [1.29, 1.82) is 0 Å². The van der Waals surface area contributed by atoms with Crippen LogP contribution in [0.25, 0.3) is 23.4 Å². The average Bonchev–Trinajstić information content (AvgIpc) is 3.02. The predicted molar refractivity (Wildman–Crippen MR) is 96.1 cm³/mol. The summed E-state index contributed by atoms with van der Waals surface area (Å²) in [5.41, 5.74) is 2.39. The van der Waals surface area contributed by atoms with E-state index in [-0.39, 0.29) is 5.69 Å². The van der Waals surface area contributed by atoms with Gasteiger partial charge >= 0.3 is 0 Å². The number of benzene rings is 2. The van der Waals surface area contributed by atoms with Gasteiger partial charge in [-0.05, 0) is 42.0 Å². The van der Waals surface area contributed by atoms with Crippen LogP contribution in [0.3, 0.4) is 0 Å². The molecule has 3 rings (SSSR count). The summed E-state index contributed by atoms with van der Waals surface area (Å²) >= 11 is 12.1. The Bertz CT molecular complexity index is 918. The van der Waals surface area contributed by atoms with Gasteiger partial charge in [0.2, 0.25) is 0 Å². The number of nitro groups is 1. The fourth-order valence-electron chi connectivity index (χ4n) is 2.14. The van der Waals surface area contributed by atoms with Gasteiger partial charge in [-0.25, -0.2) is 4.98 Å².